The van der Waals surface area contributed by atoms with Crippen LogP contribution in [0.5, 0.6) is 0 Å². The van der Waals surface area contributed by atoms with Gasteiger partial charge in [-0.05, 0) is 30.3 Å². The first-order valence-electron chi connectivity index (χ1n) is 6.61. The van der Waals surface area contributed by atoms with Gasteiger partial charge in [-0.1, -0.05) is 30.0 Å². The SMILES string of the molecule is O=C(O)C(=O)c1c[nH]c2ccc(C#Cc3ccccc3)cc12. The summed E-state index contributed by atoms with van der Waals surface area (Å²) in [4.78, 5) is 25.4. The number of fused-ring (bicyclic) bond motifs is 1. The van der Waals surface area contributed by atoms with Crippen LogP contribution in [0.3, 0.4) is 0 Å². The summed E-state index contributed by atoms with van der Waals surface area (Å²) in [5, 5.41) is 9.41. The Morgan fingerprint density at radius 3 is 2.41 bits per heavy atom. The molecule has 0 atom stereocenters. The van der Waals surface area contributed by atoms with Gasteiger partial charge in [0, 0.05) is 28.2 Å². The van der Waals surface area contributed by atoms with E-state index in [0.29, 0.717) is 10.9 Å². The number of carbonyl (C=O) groups excluding carboxylic acids is 1. The number of hydrogen-bond acceptors (Lipinski definition) is 2. The second kappa shape index (κ2) is 5.58. The average molecular weight is 289 g/mol. The Morgan fingerprint density at radius 2 is 1.68 bits per heavy atom. The van der Waals surface area contributed by atoms with E-state index in [2.05, 4.69) is 16.8 Å². The fourth-order valence-corrected chi connectivity index (χ4v) is 2.17. The molecule has 0 radical (unpaired) electrons. The van der Waals surface area contributed by atoms with E-state index in [1.807, 2.05) is 36.4 Å². The molecule has 0 fully saturated rings. The van der Waals surface area contributed by atoms with Gasteiger partial charge in [-0.15, -0.1) is 0 Å². The van der Waals surface area contributed by atoms with Gasteiger partial charge >= 0.3 is 5.97 Å². The summed E-state index contributed by atoms with van der Waals surface area (Å²) in [5.41, 5.74) is 2.45. The molecular weight excluding hydrogens is 278 g/mol. The normalized spacial score (nSPS) is 10.0. The summed E-state index contributed by atoms with van der Waals surface area (Å²) < 4.78 is 0. The number of nitrogens with one attached hydrogen (secondary N) is 1. The number of rotatable bonds is 2. The number of ketones is 1. The van der Waals surface area contributed by atoms with Crippen LogP contribution in [0.25, 0.3) is 10.9 Å². The van der Waals surface area contributed by atoms with Gasteiger partial charge in [0.05, 0.1) is 5.56 Å². The molecule has 2 N–H and O–H groups in total. The molecule has 1 heterocycles. The highest BCUT2D eigenvalue weighted by molar-refractivity contribution is 6.42. The van der Waals surface area contributed by atoms with E-state index in [4.69, 9.17) is 5.11 Å². The lowest BCUT2D eigenvalue weighted by atomic mass is 10.1. The third-order valence-corrected chi connectivity index (χ3v) is 3.25. The third-order valence-electron chi connectivity index (χ3n) is 3.25. The standard InChI is InChI=1S/C18H11NO3/c20-17(18(21)22)15-11-19-16-9-8-13(10-14(15)16)7-6-12-4-2-1-3-5-12/h1-5,8-11,19H,(H,21,22). The minimum Gasteiger partial charge on any atom is -0.475 e. The van der Waals surface area contributed by atoms with E-state index in [1.54, 1.807) is 12.1 Å². The lowest BCUT2D eigenvalue weighted by Gasteiger charge is -1.96. The van der Waals surface area contributed by atoms with E-state index < -0.39 is 11.8 Å². The van der Waals surface area contributed by atoms with Gasteiger partial charge in [0.25, 0.3) is 5.78 Å². The Hall–Kier alpha value is -3.32. The summed E-state index contributed by atoms with van der Waals surface area (Å²) in [7, 11) is 0. The van der Waals surface area contributed by atoms with Crippen molar-refractivity contribution in [3.8, 4) is 11.8 Å². The highest BCUT2D eigenvalue weighted by Gasteiger charge is 2.18. The number of benzene rings is 2. The zero-order chi connectivity index (χ0) is 15.5. The van der Waals surface area contributed by atoms with Gasteiger partial charge in [-0.3, -0.25) is 4.79 Å². The number of aromatic nitrogens is 1. The van der Waals surface area contributed by atoms with Crippen LogP contribution in [0.1, 0.15) is 21.5 Å². The quantitative estimate of drug-likeness (QED) is 0.433. The molecule has 0 saturated carbocycles. The van der Waals surface area contributed by atoms with Crippen molar-refractivity contribution >= 4 is 22.7 Å². The van der Waals surface area contributed by atoms with Crippen LogP contribution >= 0.6 is 0 Å². The van der Waals surface area contributed by atoms with Crippen LogP contribution in [0.2, 0.25) is 0 Å². The van der Waals surface area contributed by atoms with E-state index in [9.17, 15) is 9.59 Å². The van der Waals surface area contributed by atoms with E-state index in [0.717, 1.165) is 11.1 Å². The smallest absolute Gasteiger partial charge is 0.377 e. The predicted octanol–water partition coefficient (Wildman–Crippen LogP) is 2.84. The number of Topliss-reactive ketones (excluding diaryl/α,β-unsaturated/α-hetero) is 1. The van der Waals surface area contributed by atoms with Crippen molar-refractivity contribution in [2.45, 2.75) is 0 Å². The summed E-state index contributed by atoms with van der Waals surface area (Å²) in [6, 6.07) is 14.9. The molecule has 0 aliphatic heterocycles. The summed E-state index contributed by atoms with van der Waals surface area (Å²) in [6.45, 7) is 0. The Balaban J connectivity index is 2.03. The first-order chi connectivity index (χ1) is 10.6. The molecule has 3 rings (SSSR count). The molecule has 1 aromatic heterocycles. The third kappa shape index (κ3) is 2.60. The van der Waals surface area contributed by atoms with Crippen molar-refractivity contribution in [1.29, 1.82) is 0 Å². The first kappa shape index (κ1) is 13.7. The van der Waals surface area contributed by atoms with Crippen LogP contribution in [0, 0.1) is 11.8 Å². The van der Waals surface area contributed by atoms with Crippen LogP contribution in [0.4, 0.5) is 0 Å². The molecule has 0 bridgehead atoms. The maximum Gasteiger partial charge on any atom is 0.377 e. The summed E-state index contributed by atoms with van der Waals surface area (Å²) in [6.07, 6.45) is 1.41. The number of H-pyrrole nitrogens is 1. The number of carbonyl (C=O) groups is 2. The molecule has 0 amide bonds. The minimum atomic E-state index is -1.47. The number of aromatic amines is 1. The topological polar surface area (TPSA) is 70.2 Å². The highest BCUT2D eigenvalue weighted by atomic mass is 16.4. The highest BCUT2D eigenvalue weighted by Crippen LogP contribution is 2.20. The molecule has 4 nitrogen and oxygen atoms in total. The van der Waals surface area contributed by atoms with Crippen LogP contribution in [0.15, 0.2) is 54.7 Å². The molecule has 106 valence electrons. The van der Waals surface area contributed by atoms with Crippen LogP contribution < -0.4 is 0 Å². The molecule has 0 unspecified atom stereocenters. The number of carboxylic acids is 1. The first-order valence-corrected chi connectivity index (χ1v) is 6.61. The maximum atomic E-state index is 11.7. The van der Waals surface area contributed by atoms with Gasteiger partial charge in [-0.25, -0.2) is 4.79 Å². The predicted molar refractivity (Wildman–Crippen MR) is 82.7 cm³/mol. The fourth-order valence-electron chi connectivity index (χ4n) is 2.17. The summed E-state index contributed by atoms with van der Waals surface area (Å²) in [5.74, 6) is 3.64. The Labute approximate surface area is 126 Å². The number of hydrogen-bond donors (Lipinski definition) is 2. The Bertz CT molecular complexity index is 927. The van der Waals surface area contributed by atoms with Gasteiger partial charge in [-0.2, -0.15) is 0 Å². The molecule has 0 aliphatic carbocycles. The van der Waals surface area contributed by atoms with Crippen molar-refractivity contribution in [2.24, 2.45) is 0 Å². The molecule has 22 heavy (non-hydrogen) atoms. The second-order valence-corrected chi connectivity index (χ2v) is 4.71. The molecule has 0 spiro atoms. The van der Waals surface area contributed by atoms with Crippen molar-refractivity contribution in [3.05, 3.63) is 71.4 Å². The summed E-state index contributed by atoms with van der Waals surface area (Å²) >= 11 is 0. The van der Waals surface area contributed by atoms with Crippen molar-refractivity contribution in [2.75, 3.05) is 0 Å². The molecule has 0 aliphatic rings. The largest absolute Gasteiger partial charge is 0.475 e. The molecule has 3 aromatic rings. The Morgan fingerprint density at radius 1 is 0.955 bits per heavy atom. The van der Waals surface area contributed by atoms with Gasteiger partial charge in [0.1, 0.15) is 0 Å². The number of aliphatic carboxylic acids is 1. The van der Waals surface area contributed by atoms with Crippen molar-refractivity contribution in [3.63, 3.8) is 0 Å². The van der Waals surface area contributed by atoms with E-state index in [-0.39, 0.29) is 5.56 Å². The lowest BCUT2D eigenvalue weighted by Crippen LogP contribution is -2.11. The zero-order valence-electron chi connectivity index (χ0n) is 11.5. The lowest BCUT2D eigenvalue weighted by molar-refractivity contribution is -0.131. The second-order valence-electron chi connectivity index (χ2n) is 4.71. The fraction of sp³-hybridized carbons (Fsp3) is 0. The van der Waals surface area contributed by atoms with Crippen molar-refractivity contribution < 1.29 is 14.7 Å². The van der Waals surface area contributed by atoms with Gasteiger partial charge < -0.3 is 10.1 Å². The van der Waals surface area contributed by atoms with Crippen LogP contribution in [-0.2, 0) is 4.79 Å². The van der Waals surface area contributed by atoms with E-state index >= 15 is 0 Å². The maximum absolute atomic E-state index is 11.7. The number of carboxylic acid groups (broad SMARTS) is 1. The molecule has 0 saturated heterocycles. The van der Waals surface area contributed by atoms with Crippen LogP contribution in [-0.4, -0.2) is 21.8 Å². The average Bonchev–Trinajstić information content (AvgIpc) is 2.96. The molecular formula is C18H11NO3. The zero-order valence-corrected chi connectivity index (χ0v) is 11.5. The van der Waals surface area contributed by atoms with Gasteiger partial charge in [0.2, 0.25) is 0 Å². The molecule has 4 heteroatoms. The minimum absolute atomic E-state index is 0.144. The molecule has 2 aromatic carbocycles. The Kier molecular flexibility index (Phi) is 3.47. The van der Waals surface area contributed by atoms with Gasteiger partial charge in [0.15, 0.2) is 0 Å². The van der Waals surface area contributed by atoms with E-state index in [1.165, 1.54) is 6.20 Å². The van der Waals surface area contributed by atoms with Crippen molar-refractivity contribution in [1.82, 2.24) is 4.98 Å². The monoisotopic (exact) mass is 289 g/mol.